The molecule has 0 radical (unpaired) electrons. The van der Waals surface area contributed by atoms with Crippen molar-refractivity contribution in [2.45, 2.75) is 0 Å². The summed E-state index contributed by atoms with van der Waals surface area (Å²) in [5, 5.41) is 4.30. The smallest absolute Gasteiger partial charge is 0.259 e. The van der Waals surface area contributed by atoms with Crippen LogP contribution in [-0.2, 0) is 0 Å². The second-order valence-corrected chi connectivity index (χ2v) is 4.18. The molecule has 0 atom stereocenters. The molecule has 2 aromatic heterocycles. The van der Waals surface area contributed by atoms with Crippen LogP contribution < -0.4 is 10.5 Å². The second kappa shape index (κ2) is 5.00. The third kappa shape index (κ3) is 2.18. The van der Waals surface area contributed by atoms with E-state index in [1.165, 1.54) is 0 Å². The molecule has 3 aromatic rings. The molecule has 2 heterocycles. The molecule has 0 amide bonds. The Balaban J connectivity index is 2.00. The molecule has 0 aliphatic rings. The van der Waals surface area contributed by atoms with Crippen molar-refractivity contribution in [3.05, 3.63) is 49.1 Å². The van der Waals surface area contributed by atoms with Crippen LogP contribution in [0.5, 0.6) is 5.88 Å². The van der Waals surface area contributed by atoms with Crippen molar-refractivity contribution >= 4 is 5.69 Å². The van der Waals surface area contributed by atoms with E-state index in [-0.39, 0.29) is 0 Å². The first-order valence-electron chi connectivity index (χ1n) is 6.04. The highest BCUT2D eigenvalue weighted by Crippen LogP contribution is 2.22. The van der Waals surface area contributed by atoms with E-state index < -0.39 is 0 Å². The molecule has 6 heteroatoms. The van der Waals surface area contributed by atoms with Gasteiger partial charge in [-0.05, 0) is 17.7 Å². The van der Waals surface area contributed by atoms with Crippen LogP contribution in [0.2, 0.25) is 0 Å². The first-order valence-corrected chi connectivity index (χ1v) is 6.04. The molecule has 0 fully saturated rings. The zero-order valence-corrected chi connectivity index (χ0v) is 10.9. The fraction of sp³-hybridized carbons (Fsp3) is 0.0714. The van der Waals surface area contributed by atoms with Crippen molar-refractivity contribution in [2.75, 3.05) is 12.8 Å². The Morgan fingerprint density at radius 3 is 2.55 bits per heavy atom. The zero-order valence-electron chi connectivity index (χ0n) is 10.9. The van der Waals surface area contributed by atoms with Gasteiger partial charge < -0.3 is 10.5 Å². The van der Waals surface area contributed by atoms with E-state index in [0.717, 1.165) is 16.8 Å². The largest absolute Gasteiger partial charge is 0.478 e. The number of nitrogen functional groups attached to an aromatic ring is 1. The van der Waals surface area contributed by atoms with Crippen molar-refractivity contribution in [3.63, 3.8) is 0 Å². The van der Waals surface area contributed by atoms with E-state index in [0.29, 0.717) is 11.7 Å². The Morgan fingerprint density at radius 1 is 1.05 bits per heavy atom. The van der Waals surface area contributed by atoms with E-state index in [1.807, 2.05) is 30.5 Å². The molecular weight excluding hydrogens is 254 g/mol. The lowest BCUT2D eigenvalue weighted by Gasteiger charge is -2.04. The van der Waals surface area contributed by atoms with Crippen LogP contribution in [0, 0.1) is 0 Å². The van der Waals surface area contributed by atoms with Gasteiger partial charge in [0, 0.05) is 29.8 Å². The molecule has 100 valence electrons. The van der Waals surface area contributed by atoms with Crippen molar-refractivity contribution in [2.24, 2.45) is 0 Å². The molecule has 1 aromatic carbocycles. The highest BCUT2D eigenvalue weighted by molar-refractivity contribution is 5.64. The van der Waals surface area contributed by atoms with Gasteiger partial charge in [-0.1, -0.05) is 12.1 Å². The van der Waals surface area contributed by atoms with Gasteiger partial charge in [-0.15, -0.1) is 0 Å². The number of benzene rings is 1. The fourth-order valence-corrected chi connectivity index (χ4v) is 1.88. The van der Waals surface area contributed by atoms with Gasteiger partial charge in [0.1, 0.15) is 0 Å². The second-order valence-electron chi connectivity index (χ2n) is 4.18. The van der Waals surface area contributed by atoms with Crippen LogP contribution in [0.15, 0.2) is 49.1 Å². The highest BCUT2D eigenvalue weighted by Gasteiger charge is 2.10. The Hall–Kier alpha value is -2.89. The van der Waals surface area contributed by atoms with Crippen LogP contribution in [0.3, 0.4) is 0 Å². The lowest BCUT2D eigenvalue weighted by atomic mass is 10.1. The molecule has 0 unspecified atom stereocenters. The summed E-state index contributed by atoms with van der Waals surface area (Å²) in [4.78, 5) is 8.34. The number of anilines is 1. The van der Waals surface area contributed by atoms with Crippen molar-refractivity contribution < 1.29 is 4.74 Å². The molecule has 0 spiro atoms. The number of hydrogen-bond donors (Lipinski definition) is 1. The Labute approximate surface area is 115 Å². The molecule has 6 nitrogen and oxygen atoms in total. The SMILES string of the molecule is COc1nccnc1-n1cc(-c2ccc(N)cc2)cn1. The van der Waals surface area contributed by atoms with Gasteiger partial charge in [-0.25, -0.2) is 14.6 Å². The van der Waals surface area contributed by atoms with E-state index in [1.54, 1.807) is 30.4 Å². The fourth-order valence-electron chi connectivity index (χ4n) is 1.88. The molecule has 2 N–H and O–H groups in total. The van der Waals surface area contributed by atoms with Gasteiger partial charge in [0.15, 0.2) is 0 Å². The number of nitrogens with two attached hydrogens (primary N) is 1. The topological polar surface area (TPSA) is 78.9 Å². The summed E-state index contributed by atoms with van der Waals surface area (Å²) >= 11 is 0. The van der Waals surface area contributed by atoms with Crippen LogP contribution in [0.25, 0.3) is 16.9 Å². The van der Waals surface area contributed by atoms with Gasteiger partial charge in [0.25, 0.3) is 5.88 Å². The first-order chi connectivity index (χ1) is 9.78. The quantitative estimate of drug-likeness (QED) is 0.733. The van der Waals surface area contributed by atoms with Crippen LogP contribution in [0.4, 0.5) is 5.69 Å². The van der Waals surface area contributed by atoms with Crippen LogP contribution >= 0.6 is 0 Å². The normalized spacial score (nSPS) is 10.4. The number of nitrogens with zero attached hydrogens (tertiary/aromatic N) is 4. The monoisotopic (exact) mass is 267 g/mol. The molecule has 20 heavy (non-hydrogen) atoms. The third-order valence-electron chi connectivity index (χ3n) is 2.88. The maximum Gasteiger partial charge on any atom is 0.259 e. The van der Waals surface area contributed by atoms with E-state index in [2.05, 4.69) is 15.1 Å². The maximum atomic E-state index is 5.68. The molecule has 0 saturated heterocycles. The van der Waals surface area contributed by atoms with E-state index in [4.69, 9.17) is 10.5 Å². The Morgan fingerprint density at radius 2 is 1.80 bits per heavy atom. The molecule has 0 aliphatic carbocycles. The predicted octanol–water partition coefficient (Wildman–Crippen LogP) is 1.92. The van der Waals surface area contributed by atoms with Gasteiger partial charge in [0.05, 0.1) is 13.3 Å². The van der Waals surface area contributed by atoms with E-state index >= 15 is 0 Å². The predicted molar refractivity (Wildman–Crippen MR) is 75.6 cm³/mol. The summed E-state index contributed by atoms with van der Waals surface area (Å²) in [6.07, 6.45) is 6.81. The van der Waals surface area contributed by atoms with Crippen LogP contribution in [0.1, 0.15) is 0 Å². The molecule has 3 rings (SSSR count). The van der Waals surface area contributed by atoms with Gasteiger partial charge in [-0.2, -0.15) is 5.10 Å². The summed E-state index contributed by atoms with van der Waals surface area (Å²) in [5.74, 6) is 0.983. The number of aromatic nitrogens is 4. The lowest BCUT2D eigenvalue weighted by Crippen LogP contribution is -2.02. The minimum atomic E-state index is 0.430. The van der Waals surface area contributed by atoms with Gasteiger partial charge >= 0.3 is 0 Å². The summed E-state index contributed by atoms with van der Waals surface area (Å²) in [6.45, 7) is 0. The summed E-state index contributed by atoms with van der Waals surface area (Å²) in [6, 6.07) is 7.61. The standard InChI is InChI=1S/C14H13N5O/c1-20-14-13(16-6-7-17-14)19-9-11(8-18-19)10-2-4-12(15)5-3-10/h2-9H,15H2,1H3. The average molecular weight is 267 g/mol. The highest BCUT2D eigenvalue weighted by atomic mass is 16.5. The average Bonchev–Trinajstić information content (AvgIpc) is 2.97. The number of ether oxygens (including phenoxy) is 1. The summed E-state index contributed by atoms with van der Waals surface area (Å²) in [5.41, 5.74) is 8.42. The van der Waals surface area contributed by atoms with Crippen molar-refractivity contribution in [1.29, 1.82) is 0 Å². The summed E-state index contributed by atoms with van der Waals surface area (Å²) < 4.78 is 6.82. The number of hydrogen-bond acceptors (Lipinski definition) is 5. The summed E-state index contributed by atoms with van der Waals surface area (Å²) in [7, 11) is 1.55. The molecule has 0 bridgehead atoms. The third-order valence-corrected chi connectivity index (χ3v) is 2.88. The lowest BCUT2D eigenvalue weighted by molar-refractivity contribution is 0.392. The minimum Gasteiger partial charge on any atom is -0.478 e. The molecule has 0 saturated carbocycles. The number of methoxy groups -OCH3 is 1. The molecule has 0 aliphatic heterocycles. The Kier molecular flexibility index (Phi) is 3.04. The van der Waals surface area contributed by atoms with Gasteiger partial charge in [0.2, 0.25) is 5.82 Å². The maximum absolute atomic E-state index is 5.68. The molecular formula is C14H13N5O. The van der Waals surface area contributed by atoms with Crippen LogP contribution in [-0.4, -0.2) is 26.9 Å². The number of rotatable bonds is 3. The zero-order chi connectivity index (χ0) is 13.9. The minimum absolute atomic E-state index is 0.430. The Bertz CT molecular complexity index is 720. The van der Waals surface area contributed by atoms with E-state index in [9.17, 15) is 0 Å². The first kappa shape index (κ1) is 12.2. The van der Waals surface area contributed by atoms with Crippen molar-refractivity contribution in [1.82, 2.24) is 19.7 Å². The van der Waals surface area contributed by atoms with Crippen molar-refractivity contribution in [3.8, 4) is 22.8 Å². The van der Waals surface area contributed by atoms with Gasteiger partial charge in [-0.3, -0.25) is 0 Å².